The van der Waals surface area contributed by atoms with E-state index in [1.165, 1.54) is 18.2 Å². The van der Waals surface area contributed by atoms with Gasteiger partial charge < -0.3 is 5.32 Å². The van der Waals surface area contributed by atoms with Crippen LogP contribution in [0, 0.1) is 21.4 Å². The summed E-state index contributed by atoms with van der Waals surface area (Å²) in [5, 5.41) is 31.8. The molecule has 2 N–H and O–H groups in total. The highest BCUT2D eigenvalue weighted by Crippen LogP contribution is 2.33. The third-order valence-electron chi connectivity index (χ3n) is 4.15. The molecule has 0 atom stereocenters. The molecule has 4 aromatic rings. The predicted molar refractivity (Wildman–Crippen MR) is 100 cm³/mol. The van der Waals surface area contributed by atoms with E-state index in [1.807, 2.05) is 30.3 Å². The summed E-state index contributed by atoms with van der Waals surface area (Å²) >= 11 is 0. The van der Waals surface area contributed by atoms with Gasteiger partial charge in [0.15, 0.2) is 0 Å². The first-order chi connectivity index (χ1) is 13.2. The van der Waals surface area contributed by atoms with Crippen LogP contribution in [0.5, 0.6) is 0 Å². The summed E-state index contributed by atoms with van der Waals surface area (Å²) < 4.78 is 0. The largest absolute Gasteiger partial charge is 0.349 e. The Bertz CT molecular complexity index is 1190. The summed E-state index contributed by atoms with van der Waals surface area (Å²) in [6.07, 6.45) is 3.37. The molecule has 0 fully saturated rings. The van der Waals surface area contributed by atoms with Crippen molar-refractivity contribution < 1.29 is 4.92 Å². The zero-order valence-corrected chi connectivity index (χ0v) is 13.9. The summed E-state index contributed by atoms with van der Waals surface area (Å²) in [7, 11) is 0. The van der Waals surface area contributed by atoms with Crippen molar-refractivity contribution in [3.63, 3.8) is 0 Å². The molecule has 0 aliphatic rings. The lowest BCUT2D eigenvalue weighted by atomic mass is 10.1. The number of hydrogen-bond donors (Lipinski definition) is 2. The van der Waals surface area contributed by atoms with E-state index in [0.29, 0.717) is 5.69 Å². The van der Waals surface area contributed by atoms with Crippen LogP contribution in [-0.4, -0.2) is 20.1 Å². The molecule has 0 saturated heterocycles. The van der Waals surface area contributed by atoms with Gasteiger partial charge in [-0.3, -0.25) is 20.2 Å². The van der Waals surface area contributed by atoms with E-state index in [0.717, 1.165) is 22.2 Å². The standard InChI is InChI=1S/C19H12N6O2/c20-11-13-2-1-3-17(25(26)27)19(13)22-14-4-5-16-15(10-14)18(24-23-16)12-6-8-21-9-7-12/h1-10,22H,(H,23,24). The second-order valence-corrected chi connectivity index (χ2v) is 5.76. The van der Waals surface area contributed by atoms with Gasteiger partial charge in [-0.1, -0.05) is 6.07 Å². The zero-order chi connectivity index (χ0) is 18.8. The van der Waals surface area contributed by atoms with Gasteiger partial charge in [-0.2, -0.15) is 10.4 Å². The number of hydrogen-bond acceptors (Lipinski definition) is 6. The molecule has 2 aromatic carbocycles. The van der Waals surface area contributed by atoms with Gasteiger partial charge in [0, 0.05) is 35.1 Å². The highest BCUT2D eigenvalue weighted by molar-refractivity contribution is 5.95. The van der Waals surface area contributed by atoms with Gasteiger partial charge in [-0.25, -0.2) is 0 Å². The number of fused-ring (bicyclic) bond motifs is 1. The molecule has 2 heterocycles. The smallest absolute Gasteiger partial charge is 0.294 e. The first-order valence-corrected chi connectivity index (χ1v) is 8.00. The molecule has 0 bridgehead atoms. The molecular formula is C19H12N6O2. The number of nitriles is 1. The monoisotopic (exact) mass is 356 g/mol. The van der Waals surface area contributed by atoms with Crippen molar-refractivity contribution in [1.29, 1.82) is 5.26 Å². The van der Waals surface area contributed by atoms with E-state index in [1.54, 1.807) is 18.5 Å². The Hall–Kier alpha value is -4.25. The molecule has 0 aliphatic heterocycles. The number of benzene rings is 2. The number of aromatic amines is 1. The molecule has 27 heavy (non-hydrogen) atoms. The van der Waals surface area contributed by atoms with Crippen molar-refractivity contribution in [3.05, 3.63) is 76.6 Å². The minimum Gasteiger partial charge on any atom is -0.349 e. The second-order valence-electron chi connectivity index (χ2n) is 5.76. The van der Waals surface area contributed by atoms with Gasteiger partial charge in [-0.05, 0) is 36.4 Å². The number of nitrogens with one attached hydrogen (secondary N) is 2. The number of rotatable bonds is 4. The van der Waals surface area contributed by atoms with Gasteiger partial charge in [-0.15, -0.1) is 0 Å². The van der Waals surface area contributed by atoms with E-state index >= 15 is 0 Å². The molecule has 0 aliphatic carbocycles. The number of aromatic nitrogens is 3. The summed E-state index contributed by atoms with van der Waals surface area (Å²) in [6, 6.07) is 15.5. The van der Waals surface area contributed by atoms with Gasteiger partial charge >= 0.3 is 0 Å². The molecule has 2 aromatic heterocycles. The maximum Gasteiger partial charge on any atom is 0.294 e. The lowest BCUT2D eigenvalue weighted by molar-refractivity contribution is -0.383. The number of para-hydroxylation sites is 1. The summed E-state index contributed by atoms with van der Waals surface area (Å²) in [5.41, 5.74) is 3.30. The zero-order valence-electron chi connectivity index (χ0n) is 13.9. The number of nitro benzene ring substituents is 1. The Balaban J connectivity index is 1.81. The van der Waals surface area contributed by atoms with Crippen LogP contribution in [0.25, 0.3) is 22.2 Å². The average molecular weight is 356 g/mol. The summed E-state index contributed by atoms with van der Waals surface area (Å²) in [5.74, 6) is 0. The number of pyridine rings is 1. The van der Waals surface area contributed by atoms with E-state index in [2.05, 4.69) is 20.5 Å². The summed E-state index contributed by atoms with van der Waals surface area (Å²) in [6.45, 7) is 0. The maximum absolute atomic E-state index is 11.3. The Labute approximate surface area is 153 Å². The third-order valence-corrected chi connectivity index (χ3v) is 4.15. The van der Waals surface area contributed by atoms with Crippen LogP contribution in [-0.2, 0) is 0 Å². The van der Waals surface area contributed by atoms with E-state index in [9.17, 15) is 15.4 Å². The number of nitrogens with zero attached hydrogens (tertiary/aromatic N) is 4. The Kier molecular flexibility index (Phi) is 3.95. The molecule has 8 nitrogen and oxygen atoms in total. The minimum absolute atomic E-state index is 0.157. The summed E-state index contributed by atoms with van der Waals surface area (Å²) in [4.78, 5) is 14.8. The van der Waals surface area contributed by atoms with Crippen LogP contribution in [0.2, 0.25) is 0 Å². The highest BCUT2D eigenvalue weighted by atomic mass is 16.6. The van der Waals surface area contributed by atoms with E-state index < -0.39 is 4.92 Å². The topological polar surface area (TPSA) is 121 Å². The van der Waals surface area contributed by atoms with Crippen LogP contribution in [0.1, 0.15) is 5.56 Å². The van der Waals surface area contributed by atoms with Crippen molar-refractivity contribution in [2.75, 3.05) is 5.32 Å². The van der Waals surface area contributed by atoms with Crippen molar-refractivity contribution in [2.45, 2.75) is 0 Å². The van der Waals surface area contributed by atoms with Crippen molar-refractivity contribution in [1.82, 2.24) is 15.2 Å². The molecule has 0 amide bonds. The van der Waals surface area contributed by atoms with E-state index in [4.69, 9.17) is 0 Å². The normalized spacial score (nSPS) is 10.5. The lowest BCUT2D eigenvalue weighted by Crippen LogP contribution is -1.99. The fraction of sp³-hybridized carbons (Fsp3) is 0. The second kappa shape index (κ2) is 6.57. The molecule has 4 rings (SSSR count). The molecule has 0 unspecified atom stereocenters. The van der Waals surface area contributed by atoms with Crippen LogP contribution in [0.15, 0.2) is 60.9 Å². The molecule has 0 spiro atoms. The minimum atomic E-state index is -0.512. The van der Waals surface area contributed by atoms with Gasteiger partial charge in [0.2, 0.25) is 0 Å². The first kappa shape index (κ1) is 16.2. The Morgan fingerprint density at radius 1 is 1.15 bits per heavy atom. The highest BCUT2D eigenvalue weighted by Gasteiger charge is 2.18. The lowest BCUT2D eigenvalue weighted by Gasteiger charge is -2.09. The molecule has 0 radical (unpaired) electrons. The molecule has 8 heteroatoms. The SMILES string of the molecule is N#Cc1cccc([N+](=O)[O-])c1Nc1ccc2[nH]nc(-c3ccncc3)c2c1. The molecule has 0 saturated carbocycles. The van der Waals surface area contributed by atoms with Crippen molar-refractivity contribution in [3.8, 4) is 17.3 Å². The van der Waals surface area contributed by atoms with Crippen molar-refractivity contribution >= 4 is 28.0 Å². The van der Waals surface area contributed by atoms with Gasteiger partial charge in [0.25, 0.3) is 5.69 Å². The Morgan fingerprint density at radius 2 is 1.96 bits per heavy atom. The number of nitro groups is 1. The molecular weight excluding hydrogens is 344 g/mol. The van der Waals surface area contributed by atoms with Crippen LogP contribution in [0.3, 0.4) is 0 Å². The number of H-pyrrole nitrogens is 1. The average Bonchev–Trinajstić information content (AvgIpc) is 3.12. The fourth-order valence-electron chi connectivity index (χ4n) is 2.88. The third kappa shape index (κ3) is 2.94. The van der Waals surface area contributed by atoms with Crippen LogP contribution < -0.4 is 5.32 Å². The van der Waals surface area contributed by atoms with Gasteiger partial charge in [0.1, 0.15) is 17.5 Å². The molecule has 130 valence electrons. The maximum atomic E-state index is 11.3. The predicted octanol–water partition coefficient (Wildman–Crippen LogP) is 4.15. The van der Waals surface area contributed by atoms with Gasteiger partial charge in [0.05, 0.1) is 16.0 Å². The van der Waals surface area contributed by atoms with Crippen LogP contribution in [0.4, 0.5) is 17.1 Å². The van der Waals surface area contributed by atoms with Crippen molar-refractivity contribution in [2.24, 2.45) is 0 Å². The fourth-order valence-corrected chi connectivity index (χ4v) is 2.88. The Morgan fingerprint density at radius 3 is 2.70 bits per heavy atom. The number of anilines is 2. The quantitative estimate of drug-likeness (QED) is 0.418. The van der Waals surface area contributed by atoms with E-state index in [-0.39, 0.29) is 16.9 Å². The first-order valence-electron chi connectivity index (χ1n) is 8.00. The van der Waals surface area contributed by atoms with Crippen LogP contribution >= 0.6 is 0 Å².